The highest BCUT2D eigenvalue weighted by atomic mass is 19.1. The number of carboxylic acids is 1. The normalized spacial score (nSPS) is 12.9. The van der Waals surface area contributed by atoms with Crippen molar-refractivity contribution in [3.8, 4) is 0 Å². The number of aromatic nitrogens is 1. The summed E-state index contributed by atoms with van der Waals surface area (Å²) in [7, 11) is 0. The van der Waals surface area contributed by atoms with Crippen molar-refractivity contribution in [1.82, 2.24) is 4.98 Å². The van der Waals surface area contributed by atoms with Gasteiger partial charge >= 0.3 is 5.97 Å². The van der Waals surface area contributed by atoms with Crippen LogP contribution in [-0.4, -0.2) is 22.1 Å². The molecule has 84 valence electrons. The number of carboxylic acid groups (broad SMARTS) is 1. The third-order valence-electron chi connectivity index (χ3n) is 2.48. The van der Waals surface area contributed by atoms with Gasteiger partial charge in [-0.1, -0.05) is 0 Å². The van der Waals surface area contributed by atoms with E-state index in [-0.39, 0.29) is 6.42 Å². The second kappa shape index (κ2) is 3.94. The third-order valence-corrected chi connectivity index (χ3v) is 2.48. The van der Waals surface area contributed by atoms with Crippen LogP contribution in [0.1, 0.15) is 5.56 Å². The molecular formula is C11H11FN2O2. The number of fused-ring (bicyclic) bond motifs is 1. The van der Waals surface area contributed by atoms with Crippen LogP contribution in [0.2, 0.25) is 0 Å². The van der Waals surface area contributed by atoms with Gasteiger partial charge in [-0.25, -0.2) is 4.39 Å². The number of nitrogens with one attached hydrogen (secondary N) is 1. The van der Waals surface area contributed by atoms with Gasteiger partial charge in [0.1, 0.15) is 11.9 Å². The first-order chi connectivity index (χ1) is 7.58. The minimum Gasteiger partial charge on any atom is -0.480 e. The summed E-state index contributed by atoms with van der Waals surface area (Å²) in [5, 5.41) is 9.41. The van der Waals surface area contributed by atoms with Crippen molar-refractivity contribution in [2.24, 2.45) is 5.73 Å². The first kappa shape index (κ1) is 10.6. The van der Waals surface area contributed by atoms with Gasteiger partial charge in [0.2, 0.25) is 0 Å². The Morgan fingerprint density at radius 1 is 1.56 bits per heavy atom. The molecule has 1 aromatic heterocycles. The van der Waals surface area contributed by atoms with Crippen LogP contribution in [0.25, 0.3) is 10.9 Å². The first-order valence-electron chi connectivity index (χ1n) is 4.82. The molecule has 1 unspecified atom stereocenters. The van der Waals surface area contributed by atoms with Crippen LogP contribution in [0.5, 0.6) is 0 Å². The van der Waals surface area contributed by atoms with Crippen molar-refractivity contribution in [2.75, 3.05) is 0 Å². The van der Waals surface area contributed by atoms with E-state index in [4.69, 9.17) is 10.8 Å². The van der Waals surface area contributed by atoms with Crippen molar-refractivity contribution < 1.29 is 14.3 Å². The minimum absolute atomic E-state index is 0.0177. The van der Waals surface area contributed by atoms with Gasteiger partial charge in [0, 0.05) is 23.5 Å². The van der Waals surface area contributed by atoms with E-state index in [1.807, 2.05) is 0 Å². The Balaban J connectivity index is 2.36. The average Bonchev–Trinajstić information content (AvgIpc) is 2.65. The summed E-state index contributed by atoms with van der Waals surface area (Å²) in [6.45, 7) is 0. The zero-order chi connectivity index (χ0) is 11.7. The molecule has 0 saturated heterocycles. The van der Waals surface area contributed by atoms with Gasteiger partial charge in [-0.15, -0.1) is 0 Å². The van der Waals surface area contributed by atoms with Crippen LogP contribution in [-0.2, 0) is 11.2 Å². The molecular weight excluding hydrogens is 211 g/mol. The SMILES string of the molecule is NC(Cc1cc2[nH]ccc2cc1F)C(=O)O. The van der Waals surface area contributed by atoms with Gasteiger partial charge in [-0.2, -0.15) is 0 Å². The molecule has 1 atom stereocenters. The van der Waals surface area contributed by atoms with Crippen molar-refractivity contribution in [3.05, 3.63) is 35.8 Å². The number of rotatable bonds is 3. The fourth-order valence-corrected chi connectivity index (χ4v) is 1.60. The topological polar surface area (TPSA) is 79.1 Å². The monoisotopic (exact) mass is 222 g/mol. The summed E-state index contributed by atoms with van der Waals surface area (Å²) in [5.41, 5.74) is 6.44. The fourth-order valence-electron chi connectivity index (χ4n) is 1.60. The van der Waals surface area contributed by atoms with Crippen molar-refractivity contribution >= 4 is 16.9 Å². The molecule has 0 aliphatic carbocycles. The summed E-state index contributed by atoms with van der Waals surface area (Å²) in [4.78, 5) is 13.5. The van der Waals surface area contributed by atoms with E-state index >= 15 is 0 Å². The van der Waals surface area contributed by atoms with Crippen LogP contribution in [0.4, 0.5) is 4.39 Å². The lowest BCUT2D eigenvalue weighted by molar-refractivity contribution is -0.138. The number of hydrogen-bond acceptors (Lipinski definition) is 2. The number of halogens is 1. The molecule has 0 amide bonds. The Kier molecular flexibility index (Phi) is 2.62. The molecule has 2 rings (SSSR count). The summed E-state index contributed by atoms with van der Waals surface area (Å²) in [6, 6.07) is 3.63. The van der Waals surface area contributed by atoms with Crippen molar-refractivity contribution in [3.63, 3.8) is 0 Å². The van der Waals surface area contributed by atoms with Crippen molar-refractivity contribution in [1.29, 1.82) is 0 Å². The lowest BCUT2D eigenvalue weighted by Gasteiger charge is -2.07. The minimum atomic E-state index is -1.13. The summed E-state index contributed by atoms with van der Waals surface area (Å²) in [5.74, 6) is -1.56. The van der Waals surface area contributed by atoms with Crippen LogP contribution >= 0.6 is 0 Å². The van der Waals surface area contributed by atoms with Crippen LogP contribution in [0, 0.1) is 5.82 Å². The lowest BCUT2D eigenvalue weighted by atomic mass is 10.0. The summed E-state index contributed by atoms with van der Waals surface area (Å²) in [6.07, 6.45) is 1.68. The van der Waals surface area contributed by atoms with E-state index in [1.165, 1.54) is 6.07 Å². The molecule has 1 aromatic carbocycles. The van der Waals surface area contributed by atoms with E-state index in [9.17, 15) is 9.18 Å². The third kappa shape index (κ3) is 1.90. The maximum atomic E-state index is 13.6. The molecule has 0 saturated carbocycles. The molecule has 0 fully saturated rings. The number of carbonyl (C=O) groups is 1. The van der Waals surface area contributed by atoms with Crippen LogP contribution in [0.15, 0.2) is 24.4 Å². The average molecular weight is 222 g/mol. The zero-order valence-corrected chi connectivity index (χ0v) is 8.40. The van der Waals surface area contributed by atoms with Crippen molar-refractivity contribution in [2.45, 2.75) is 12.5 Å². The molecule has 0 spiro atoms. The molecule has 0 aliphatic heterocycles. The van der Waals surface area contributed by atoms with E-state index in [2.05, 4.69) is 4.98 Å². The summed E-state index contributed by atoms with van der Waals surface area (Å²) < 4.78 is 13.6. The molecule has 5 heteroatoms. The first-order valence-corrected chi connectivity index (χ1v) is 4.82. The maximum absolute atomic E-state index is 13.6. The predicted molar refractivity (Wildman–Crippen MR) is 57.6 cm³/mol. The standard InChI is InChI=1S/C11H11FN2O2/c12-8-3-6-1-2-14-10(6)5-7(8)4-9(13)11(15)16/h1-3,5,9,14H,4,13H2,(H,15,16). The molecule has 4 nitrogen and oxygen atoms in total. The molecule has 0 bridgehead atoms. The Morgan fingerprint density at radius 3 is 3.00 bits per heavy atom. The van der Waals surface area contributed by atoms with Gasteiger partial charge in [-0.05, 0) is 23.8 Å². The number of hydrogen-bond donors (Lipinski definition) is 3. The lowest BCUT2D eigenvalue weighted by Crippen LogP contribution is -2.32. The fraction of sp³-hybridized carbons (Fsp3) is 0.182. The second-order valence-electron chi connectivity index (χ2n) is 3.66. The molecule has 0 aliphatic rings. The predicted octanol–water partition coefficient (Wildman–Crippen LogP) is 1.26. The van der Waals surface area contributed by atoms with Crippen LogP contribution in [0.3, 0.4) is 0 Å². The highest BCUT2D eigenvalue weighted by molar-refractivity contribution is 5.80. The van der Waals surface area contributed by atoms with E-state index in [1.54, 1.807) is 18.3 Å². The highest BCUT2D eigenvalue weighted by Gasteiger charge is 2.15. The Hall–Kier alpha value is -1.88. The van der Waals surface area contributed by atoms with Crippen LogP contribution < -0.4 is 5.73 Å². The number of nitrogens with two attached hydrogens (primary N) is 1. The van der Waals surface area contributed by atoms with Gasteiger partial charge in [0.15, 0.2) is 0 Å². The highest BCUT2D eigenvalue weighted by Crippen LogP contribution is 2.18. The smallest absolute Gasteiger partial charge is 0.320 e. The Morgan fingerprint density at radius 2 is 2.31 bits per heavy atom. The molecule has 0 radical (unpaired) electrons. The van der Waals surface area contributed by atoms with Gasteiger partial charge < -0.3 is 15.8 Å². The van der Waals surface area contributed by atoms with E-state index in [0.29, 0.717) is 5.56 Å². The maximum Gasteiger partial charge on any atom is 0.320 e. The molecule has 16 heavy (non-hydrogen) atoms. The Labute approximate surface area is 90.9 Å². The molecule has 1 heterocycles. The number of aliphatic carboxylic acids is 1. The molecule has 4 N–H and O–H groups in total. The summed E-state index contributed by atoms with van der Waals surface area (Å²) >= 11 is 0. The number of aromatic amines is 1. The van der Waals surface area contributed by atoms with E-state index < -0.39 is 17.8 Å². The Bertz CT molecular complexity index is 536. The number of benzene rings is 1. The van der Waals surface area contributed by atoms with E-state index in [0.717, 1.165) is 10.9 Å². The molecule has 2 aromatic rings. The number of H-pyrrole nitrogens is 1. The zero-order valence-electron chi connectivity index (χ0n) is 8.40. The quantitative estimate of drug-likeness (QED) is 0.731. The second-order valence-corrected chi connectivity index (χ2v) is 3.66. The van der Waals surface area contributed by atoms with Gasteiger partial charge in [0.25, 0.3) is 0 Å². The van der Waals surface area contributed by atoms with Gasteiger partial charge in [0.05, 0.1) is 0 Å². The van der Waals surface area contributed by atoms with Gasteiger partial charge in [-0.3, -0.25) is 4.79 Å². The largest absolute Gasteiger partial charge is 0.480 e.